The Balaban J connectivity index is 1.63. The summed E-state index contributed by atoms with van der Waals surface area (Å²) < 4.78 is 5.22. The molecule has 0 aliphatic carbocycles. The minimum Gasteiger partial charge on any atom is -0.360 e. The average Bonchev–Trinajstić information content (AvgIpc) is 2.86. The normalized spacial score (nSPS) is 14.7. The molecule has 2 amide bonds. The Morgan fingerprint density at radius 1 is 1.19 bits per heavy atom. The van der Waals surface area contributed by atoms with Gasteiger partial charge in [0.05, 0.1) is 5.02 Å². The summed E-state index contributed by atoms with van der Waals surface area (Å²) in [7, 11) is 0. The first-order valence-electron chi connectivity index (χ1n) is 9.35. The van der Waals surface area contributed by atoms with Gasteiger partial charge in [0.2, 0.25) is 5.91 Å². The number of carbonyl (C=O) groups is 2. The molecule has 0 atom stereocenters. The minimum atomic E-state index is -0.313. The lowest BCUT2D eigenvalue weighted by Gasteiger charge is -2.20. The molecule has 1 aromatic carbocycles. The zero-order valence-electron chi connectivity index (χ0n) is 15.5. The first kappa shape index (κ1) is 19.4. The zero-order valence-corrected chi connectivity index (χ0v) is 16.2. The summed E-state index contributed by atoms with van der Waals surface area (Å²) in [6, 6.07) is 7.17. The average molecular weight is 390 g/mol. The van der Waals surface area contributed by atoms with Gasteiger partial charge in [0.25, 0.3) is 5.91 Å². The van der Waals surface area contributed by atoms with Gasteiger partial charge in [-0.15, -0.1) is 0 Å². The highest BCUT2D eigenvalue weighted by atomic mass is 35.5. The van der Waals surface area contributed by atoms with E-state index in [0.29, 0.717) is 27.6 Å². The molecule has 1 N–H and O–H groups in total. The second kappa shape index (κ2) is 9.04. The van der Waals surface area contributed by atoms with Gasteiger partial charge >= 0.3 is 0 Å². The quantitative estimate of drug-likeness (QED) is 0.843. The fraction of sp³-hybridized carbons (Fsp3) is 0.450. The number of aromatic nitrogens is 1. The summed E-state index contributed by atoms with van der Waals surface area (Å²) in [5, 5.41) is 7.31. The van der Waals surface area contributed by atoms with E-state index in [4.69, 9.17) is 16.1 Å². The highest BCUT2D eigenvalue weighted by molar-refractivity contribution is 6.33. The molecule has 0 radical (unpaired) electrons. The number of nitrogens with zero attached hydrogens (tertiary/aromatic N) is 2. The second-order valence-corrected chi connectivity index (χ2v) is 7.15. The number of likely N-dealkylation sites (tertiary alicyclic amines) is 1. The van der Waals surface area contributed by atoms with Gasteiger partial charge in [-0.05, 0) is 25.8 Å². The van der Waals surface area contributed by atoms with Crippen LogP contribution in [0.25, 0.3) is 11.3 Å². The number of nitrogens with one attached hydrogen (secondary N) is 1. The third kappa shape index (κ3) is 4.69. The van der Waals surface area contributed by atoms with E-state index in [1.807, 2.05) is 17.0 Å². The van der Waals surface area contributed by atoms with Crippen LogP contribution in [0.1, 0.15) is 48.2 Å². The van der Waals surface area contributed by atoms with Gasteiger partial charge in [-0.3, -0.25) is 9.59 Å². The molecule has 1 aliphatic heterocycles. The van der Waals surface area contributed by atoms with Crippen LogP contribution < -0.4 is 5.32 Å². The molecule has 3 rings (SSSR count). The van der Waals surface area contributed by atoms with Crippen LogP contribution in [0.3, 0.4) is 0 Å². The second-order valence-electron chi connectivity index (χ2n) is 6.74. The van der Waals surface area contributed by atoms with Crippen molar-refractivity contribution in [1.29, 1.82) is 0 Å². The van der Waals surface area contributed by atoms with Crippen LogP contribution in [-0.4, -0.2) is 41.5 Å². The molecule has 0 saturated carbocycles. The number of hydrogen-bond donors (Lipinski definition) is 1. The Bertz CT molecular complexity index is 811. The van der Waals surface area contributed by atoms with Gasteiger partial charge in [-0.1, -0.05) is 47.8 Å². The molecule has 6 nitrogen and oxygen atoms in total. The van der Waals surface area contributed by atoms with Crippen molar-refractivity contribution in [2.75, 3.05) is 19.6 Å². The van der Waals surface area contributed by atoms with Crippen LogP contribution in [0.15, 0.2) is 28.8 Å². The molecule has 2 aromatic rings. The molecule has 0 bridgehead atoms. The SMILES string of the molecule is Cc1onc(-c2ccccc2Cl)c1C(=O)NCCC(=O)N1CCCCCC1. The lowest BCUT2D eigenvalue weighted by atomic mass is 10.1. The minimum absolute atomic E-state index is 0.0885. The van der Waals surface area contributed by atoms with E-state index in [0.717, 1.165) is 25.9 Å². The lowest BCUT2D eigenvalue weighted by molar-refractivity contribution is -0.131. The van der Waals surface area contributed by atoms with Crippen LogP contribution in [-0.2, 0) is 4.79 Å². The molecule has 1 aromatic heterocycles. The van der Waals surface area contributed by atoms with Gasteiger partial charge in [0, 0.05) is 31.6 Å². The zero-order chi connectivity index (χ0) is 19.2. The van der Waals surface area contributed by atoms with Crippen molar-refractivity contribution in [2.45, 2.75) is 39.0 Å². The van der Waals surface area contributed by atoms with Crippen molar-refractivity contribution in [2.24, 2.45) is 0 Å². The molecule has 27 heavy (non-hydrogen) atoms. The maximum atomic E-state index is 12.7. The Morgan fingerprint density at radius 2 is 1.89 bits per heavy atom. The smallest absolute Gasteiger partial charge is 0.257 e. The Hall–Kier alpha value is -2.34. The van der Waals surface area contributed by atoms with E-state index in [2.05, 4.69) is 10.5 Å². The van der Waals surface area contributed by atoms with E-state index < -0.39 is 0 Å². The number of amides is 2. The molecular formula is C20H24ClN3O3. The largest absolute Gasteiger partial charge is 0.360 e. The van der Waals surface area contributed by atoms with Crippen LogP contribution in [0.2, 0.25) is 5.02 Å². The van der Waals surface area contributed by atoms with Gasteiger partial charge in [-0.25, -0.2) is 0 Å². The third-order valence-electron chi connectivity index (χ3n) is 4.80. The third-order valence-corrected chi connectivity index (χ3v) is 5.13. The molecule has 1 saturated heterocycles. The lowest BCUT2D eigenvalue weighted by Crippen LogP contribution is -2.35. The molecule has 2 heterocycles. The van der Waals surface area contributed by atoms with Crippen molar-refractivity contribution >= 4 is 23.4 Å². The summed E-state index contributed by atoms with van der Waals surface area (Å²) in [6.07, 6.45) is 4.76. The van der Waals surface area contributed by atoms with Gasteiger partial charge < -0.3 is 14.7 Å². The monoisotopic (exact) mass is 389 g/mol. The van der Waals surface area contributed by atoms with Gasteiger partial charge in [-0.2, -0.15) is 0 Å². The Labute approximate surface area is 163 Å². The predicted octanol–water partition coefficient (Wildman–Crippen LogP) is 3.83. The van der Waals surface area contributed by atoms with Gasteiger partial charge in [0.15, 0.2) is 0 Å². The van der Waals surface area contributed by atoms with E-state index >= 15 is 0 Å². The first-order chi connectivity index (χ1) is 13.1. The van der Waals surface area contributed by atoms with Crippen LogP contribution in [0.4, 0.5) is 0 Å². The maximum Gasteiger partial charge on any atom is 0.257 e. The fourth-order valence-corrected chi connectivity index (χ4v) is 3.55. The van der Waals surface area contributed by atoms with E-state index in [-0.39, 0.29) is 24.8 Å². The summed E-state index contributed by atoms with van der Waals surface area (Å²) >= 11 is 6.23. The highest BCUT2D eigenvalue weighted by Crippen LogP contribution is 2.30. The van der Waals surface area contributed by atoms with Crippen LogP contribution in [0.5, 0.6) is 0 Å². The summed E-state index contributed by atoms with van der Waals surface area (Å²) in [5.74, 6) is 0.194. The summed E-state index contributed by atoms with van der Waals surface area (Å²) in [5.41, 5.74) is 1.40. The predicted molar refractivity (Wildman–Crippen MR) is 104 cm³/mol. The Morgan fingerprint density at radius 3 is 2.59 bits per heavy atom. The molecule has 1 fully saturated rings. The number of carbonyl (C=O) groups excluding carboxylic acids is 2. The number of hydrogen-bond acceptors (Lipinski definition) is 4. The molecule has 1 aliphatic rings. The highest BCUT2D eigenvalue weighted by Gasteiger charge is 2.23. The van der Waals surface area contributed by atoms with Gasteiger partial charge in [0.1, 0.15) is 17.0 Å². The number of aryl methyl sites for hydroxylation is 1. The van der Waals surface area contributed by atoms with E-state index in [1.54, 1.807) is 19.1 Å². The van der Waals surface area contributed by atoms with Crippen LogP contribution >= 0.6 is 11.6 Å². The fourth-order valence-electron chi connectivity index (χ4n) is 3.33. The van der Waals surface area contributed by atoms with Crippen molar-refractivity contribution in [3.63, 3.8) is 0 Å². The molecule has 0 unspecified atom stereocenters. The van der Waals surface area contributed by atoms with E-state index in [1.165, 1.54) is 12.8 Å². The first-order valence-corrected chi connectivity index (χ1v) is 9.73. The molecular weight excluding hydrogens is 366 g/mol. The van der Waals surface area contributed by atoms with Crippen molar-refractivity contribution < 1.29 is 14.1 Å². The molecule has 7 heteroatoms. The molecule has 144 valence electrons. The number of benzene rings is 1. The number of rotatable bonds is 5. The molecule has 0 spiro atoms. The number of halogens is 1. The van der Waals surface area contributed by atoms with Crippen molar-refractivity contribution in [3.05, 3.63) is 40.6 Å². The maximum absolute atomic E-state index is 12.7. The van der Waals surface area contributed by atoms with Crippen molar-refractivity contribution in [3.8, 4) is 11.3 Å². The summed E-state index contributed by atoms with van der Waals surface area (Å²) in [6.45, 7) is 3.59. The Kier molecular flexibility index (Phi) is 6.50. The summed E-state index contributed by atoms with van der Waals surface area (Å²) in [4.78, 5) is 26.9. The van der Waals surface area contributed by atoms with Crippen LogP contribution in [0, 0.1) is 6.92 Å². The topological polar surface area (TPSA) is 75.4 Å². The standard InChI is InChI=1S/C20H24ClN3O3/c1-14-18(19(23-27-14)15-8-4-5-9-16(15)21)20(26)22-11-10-17(25)24-12-6-2-3-7-13-24/h4-5,8-9H,2-3,6-7,10-13H2,1H3,(H,22,26). The van der Waals surface area contributed by atoms with E-state index in [9.17, 15) is 9.59 Å². The van der Waals surface area contributed by atoms with Crippen molar-refractivity contribution in [1.82, 2.24) is 15.4 Å².